The summed E-state index contributed by atoms with van der Waals surface area (Å²) in [7, 11) is 0. The van der Waals surface area contributed by atoms with E-state index in [0.717, 1.165) is 12.0 Å². The standard InChI is InChI=1S/C22H24N2O4/c1-2-17-8-11-19(12-9-17)24-21(26)16-28-22(27)14-15-23-20(25)13-10-18-6-4-3-5-7-18/h3-13H,2,14-16H2,1H3,(H,23,25)(H,24,26)/b13-10+. The Morgan fingerprint density at radius 2 is 1.71 bits per heavy atom. The molecule has 0 saturated carbocycles. The number of benzene rings is 2. The lowest BCUT2D eigenvalue weighted by Crippen LogP contribution is -2.26. The lowest BCUT2D eigenvalue weighted by molar-refractivity contribution is -0.147. The maximum Gasteiger partial charge on any atom is 0.308 e. The van der Waals surface area contributed by atoms with Crippen molar-refractivity contribution >= 4 is 29.5 Å². The van der Waals surface area contributed by atoms with Gasteiger partial charge >= 0.3 is 5.97 Å². The molecule has 0 aliphatic rings. The zero-order valence-corrected chi connectivity index (χ0v) is 15.8. The van der Waals surface area contributed by atoms with Gasteiger partial charge in [0.2, 0.25) is 5.91 Å². The second-order valence-electron chi connectivity index (χ2n) is 6.04. The molecule has 0 aromatic heterocycles. The van der Waals surface area contributed by atoms with Gasteiger partial charge < -0.3 is 15.4 Å². The summed E-state index contributed by atoms with van der Waals surface area (Å²) in [5, 5.41) is 5.26. The molecule has 28 heavy (non-hydrogen) atoms. The summed E-state index contributed by atoms with van der Waals surface area (Å²) in [6.45, 7) is 1.82. The predicted octanol–water partition coefficient (Wildman–Crippen LogP) is 2.95. The van der Waals surface area contributed by atoms with Gasteiger partial charge in [-0.1, -0.05) is 49.4 Å². The van der Waals surface area contributed by atoms with E-state index in [4.69, 9.17) is 4.74 Å². The van der Waals surface area contributed by atoms with E-state index in [9.17, 15) is 14.4 Å². The smallest absolute Gasteiger partial charge is 0.308 e. The predicted molar refractivity (Wildman–Crippen MR) is 109 cm³/mol. The molecule has 6 nitrogen and oxygen atoms in total. The highest BCUT2D eigenvalue weighted by Gasteiger charge is 2.08. The van der Waals surface area contributed by atoms with Gasteiger partial charge in [0.05, 0.1) is 6.42 Å². The molecule has 0 radical (unpaired) electrons. The van der Waals surface area contributed by atoms with Crippen LogP contribution in [0.5, 0.6) is 0 Å². The molecule has 0 spiro atoms. The van der Waals surface area contributed by atoms with Crippen LogP contribution in [0.4, 0.5) is 5.69 Å². The number of ether oxygens (including phenoxy) is 1. The van der Waals surface area contributed by atoms with Crippen molar-refractivity contribution in [1.29, 1.82) is 0 Å². The highest BCUT2D eigenvalue weighted by atomic mass is 16.5. The summed E-state index contributed by atoms with van der Waals surface area (Å²) in [4.78, 5) is 35.2. The largest absolute Gasteiger partial charge is 0.456 e. The number of amides is 2. The van der Waals surface area contributed by atoms with Crippen molar-refractivity contribution in [2.45, 2.75) is 19.8 Å². The number of hydrogen-bond acceptors (Lipinski definition) is 4. The summed E-state index contributed by atoms with van der Waals surface area (Å²) in [6.07, 6.45) is 4.00. The third kappa shape index (κ3) is 7.86. The molecule has 6 heteroatoms. The van der Waals surface area contributed by atoms with Crippen molar-refractivity contribution in [1.82, 2.24) is 5.32 Å². The molecule has 0 aliphatic heterocycles. The van der Waals surface area contributed by atoms with E-state index in [2.05, 4.69) is 17.6 Å². The van der Waals surface area contributed by atoms with Gasteiger partial charge in [0, 0.05) is 18.3 Å². The first-order valence-electron chi connectivity index (χ1n) is 9.12. The van der Waals surface area contributed by atoms with Crippen LogP contribution in [-0.2, 0) is 25.5 Å². The van der Waals surface area contributed by atoms with Gasteiger partial charge in [-0.25, -0.2) is 0 Å². The molecule has 0 aliphatic carbocycles. The van der Waals surface area contributed by atoms with Crippen LogP contribution < -0.4 is 10.6 Å². The van der Waals surface area contributed by atoms with E-state index >= 15 is 0 Å². The van der Waals surface area contributed by atoms with E-state index < -0.39 is 11.9 Å². The fraction of sp³-hybridized carbons (Fsp3) is 0.227. The number of aryl methyl sites for hydroxylation is 1. The van der Waals surface area contributed by atoms with Crippen LogP contribution in [0.2, 0.25) is 0 Å². The number of rotatable bonds is 9. The Kier molecular flexibility index (Phi) is 8.46. The Balaban J connectivity index is 1.61. The number of nitrogens with one attached hydrogen (secondary N) is 2. The molecule has 2 N–H and O–H groups in total. The first-order chi connectivity index (χ1) is 13.6. The number of carbonyl (C=O) groups is 3. The Morgan fingerprint density at radius 1 is 1.00 bits per heavy atom. The highest BCUT2D eigenvalue weighted by molar-refractivity contribution is 5.93. The van der Waals surface area contributed by atoms with Gasteiger partial charge in [0.1, 0.15) is 0 Å². The lowest BCUT2D eigenvalue weighted by atomic mass is 10.1. The highest BCUT2D eigenvalue weighted by Crippen LogP contribution is 2.09. The van der Waals surface area contributed by atoms with E-state index in [0.29, 0.717) is 5.69 Å². The Labute approximate surface area is 164 Å². The van der Waals surface area contributed by atoms with Crippen LogP contribution in [-0.4, -0.2) is 30.9 Å². The monoisotopic (exact) mass is 380 g/mol. The molecule has 2 rings (SSSR count). The van der Waals surface area contributed by atoms with Crippen LogP contribution in [0.15, 0.2) is 60.7 Å². The van der Waals surface area contributed by atoms with Gasteiger partial charge in [-0.15, -0.1) is 0 Å². The normalized spacial score (nSPS) is 10.5. The summed E-state index contributed by atoms with van der Waals surface area (Å²) < 4.78 is 4.91. The van der Waals surface area contributed by atoms with Crippen molar-refractivity contribution in [2.75, 3.05) is 18.5 Å². The summed E-state index contributed by atoms with van der Waals surface area (Å²) >= 11 is 0. The van der Waals surface area contributed by atoms with Crippen LogP contribution >= 0.6 is 0 Å². The van der Waals surface area contributed by atoms with E-state index in [1.54, 1.807) is 18.2 Å². The van der Waals surface area contributed by atoms with Crippen molar-refractivity contribution in [3.63, 3.8) is 0 Å². The number of hydrogen-bond donors (Lipinski definition) is 2. The quantitative estimate of drug-likeness (QED) is 0.517. The van der Waals surface area contributed by atoms with Crippen molar-refractivity contribution in [2.24, 2.45) is 0 Å². The molecular weight excluding hydrogens is 356 g/mol. The van der Waals surface area contributed by atoms with E-state index in [1.807, 2.05) is 42.5 Å². The zero-order valence-electron chi connectivity index (χ0n) is 15.8. The van der Waals surface area contributed by atoms with E-state index in [-0.39, 0.29) is 25.5 Å². The van der Waals surface area contributed by atoms with E-state index in [1.165, 1.54) is 11.6 Å². The minimum Gasteiger partial charge on any atom is -0.456 e. The van der Waals surface area contributed by atoms with Crippen molar-refractivity contribution in [3.8, 4) is 0 Å². The van der Waals surface area contributed by atoms with Crippen LogP contribution in [0.3, 0.4) is 0 Å². The third-order valence-electron chi connectivity index (χ3n) is 3.87. The summed E-state index contributed by atoms with van der Waals surface area (Å²) in [6, 6.07) is 16.9. The molecule has 2 aromatic rings. The SMILES string of the molecule is CCc1ccc(NC(=O)COC(=O)CCNC(=O)/C=C/c2ccccc2)cc1. The van der Waals surface area contributed by atoms with Crippen LogP contribution in [0, 0.1) is 0 Å². The molecule has 0 atom stereocenters. The maximum atomic E-state index is 11.8. The Bertz CT molecular complexity index is 814. The number of anilines is 1. The molecule has 0 heterocycles. The van der Waals surface area contributed by atoms with Crippen LogP contribution in [0.1, 0.15) is 24.5 Å². The molecule has 2 aromatic carbocycles. The summed E-state index contributed by atoms with van der Waals surface area (Å²) in [5.74, 6) is -1.26. The van der Waals surface area contributed by atoms with Gasteiger partial charge in [-0.05, 0) is 35.8 Å². The first-order valence-corrected chi connectivity index (χ1v) is 9.12. The zero-order chi connectivity index (χ0) is 20.2. The van der Waals surface area contributed by atoms with Gasteiger partial charge in [-0.3, -0.25) is 14.4 Å². The summed E-state index contributed by atoms with van der Waals surface area (Å²) in [5.41, 5.74) is 2.73. The van der Waals surface area contributed by atoms with Gasteiger partial charge in [0.25, 0.3) is 5.91 Å². The fourth-order valence-corrected chi connectivity index (χ4v) is 2.32. The Morgan fingerprint density at radius 3 is 2.39 bits per heavy atom. The topological polar surface area (TPSA) is 84.5 Å². The second kappa shape index (κ2) is 11.3. The number of esters is 1. The second-order valence-corrected chi connectivity index (χ2v) is 6.04. The third-order valence-corrected chi connectivity index (χ3v) is 3.87. The van der Waals surface area contributed by atoms with Gasteiger partial charge in [-0.2, -0.15) is 0 Å². The molecule has 0 saturated heterocycles. The van der Waals surface area contributed by atoms with Crippen molar-refractivity contribution in [3.05, 3.63) is 71.8 Å². The lowest BCUT2D eigenvalue weighted by Gasteiger charge is -2.07. The molecule has 2 amide bonds. The average molecular weight is 380 g/mol. The maximum absolute atomic E-state index is 11.8. The molecule has 0 fully saturated rings. The molecule has 0 bridgehead atoms. The molecule has 146 valence electrons. The minimum atomic E-state index is -0.552. The average Bonchev–Trinajstić information content (AvgIpc) is 2.72. The fourth-order valence-electron chi connectivity index (χ4n) is 2.32. The molecule has 0 unspecified atom stereocenters. The van der Waals surface area contributed by atoms with Gasteiger partial charge in [0.15, 0.2) is 6.61 Å². The Hall–Kier alpha value is -3.41. The first kappa shape index (κ1) is 20.9. The van der Waals surface area contributed by atoms with Crippen LogP contribution in [0.25, 0.3) is 6.08 Å². The molecular formula is C22H24N2O4. The minimum absolute atomic E-state index is 0.0105. The number of carbonyl (C=O) groups excluding carboxylic acids is 3. The van der Waals surface area contributed by atoms with Crippen molar-refractivity contribution < 1.29 is 19.1 Å².